The van der Waals surface area contributed by atoms with E-state index in [4.69, 9.17) is 0 Å². The molecule has 0 N–H and O–H groups in total. The van der Waals surface area contributed by atoms with Gasteiger partial charge in [0.25, 0.3) is 0 Å². The summed E-state index contributed by atoms with van der Waals surface area (Å²) >= 11 is 0. The number of benzene rings is 1. The van der Waals surface area contributed by atoms with Crippen molar-refractivity contribution in [3.8, 4) is 60.7 Å². The minimum Gasteiger partial charge on any atom is -0.192 e. The highest BCUT2D eigenvalue weighted by Crippen LogP contribution is 2.54. The highest BCUT2D eigenvalue weighted by Gasteiger charge is 2.43. The summed E-state index contributed by atoms with van der Waals surface area (Å²) < 4.78 is 0. The minimum absolute atomic E-state index is 0.259. The molecule has 0 atom stereocenters. The first-order valence-corrected chi connectivity index (χ1v) is 8.74. The number of hydrogen-bond donors (Lipinski definition) is 0. The summed E-state index contributed by atoms with van der Waals surface area (Å²) in [7, 11) is 0. The molecule has 0 saturated heterocycles. The molecule has 34 heavy (non-hydrogen) atoms. The van der Waals surface area contributed by atoms with Gasteiger partial charge in [0.15, 0.2) is 0 Å². The molecule has 2 aliphatic rings. The predicted octanol–water partition coefficient (Wildman–Crippen LogP) is 2.66. The van der Waals surface area contributed by atoms with Crippen molar-refractivity contribution in [1.29, 1.82) is 52.6 Å². The Morgan fingerprint density at radius 1 is 0.353 bits per heavy atom. The van der Waals surface area contributed by atoms with E-state index < -0.39 is 44.6 Å². The quantitative estimate of drug-likeness (QED) is 0.547. The first-order chi connectivity index (χ1) is 16.5. The summed E-state index contributed by atoms with van der Waals surface area (Å²) in [6.45, 7) is 0. The van der Waals surface area contributed by atoms with E-state index in [1.807, 2.05) is 12.1 Å². The van der Waals surface area contributed by atoms with Gasteiger partial charge in [-0.3, -0.25) is 0 Å². The Morgan fingerprint density at radius 2 is 0.647 bits per heavy atom. The van der Waals surface area contributed by atoms with Crippen LogP contribution in [0.2, 0.25) is 0 Å². The Hall–Kier alpha value is -6.92. The summed E-state index contributed by atoms with van der Waals surface area (Å²) in [5.41, 5.74) is -5.46. The maximum Gasteiger partial charge on any atom is 0.138 e. The van der Waals surface area contributed by atoms with Gasteiger partial charge in [-0.25, -0.2) is 0 Å². The average molecular weight is 428 g/mol. The first kappa shape index (κ1) is 21.8. The van der Waals surface area contributed by atoms with Gasteiger partial charge in [-0.1, -0.05) is 0 Å². The van der Waals surface area contributed by atoms with Crippen LogP contribution in [0.25, 0.3) is 22.3 Å². The van der Waals surface area contributed by atoms with E-state index >= 15 is 0 Å². The third kappa shape index (κ3) is 2.45. The largest absolute Gasteiger partial charge is 0.192 e. The van der Waals surface area contributed by atoms with Gasteiger partial charge in [0.1, 0.15) is 71.8 Å². The van der Waals surface area contributed by atoms with Crippen LogP contribution in [0, 0.1) is 113 Å². The molecule has 0 fully saturated rings. The number of nitrogens with zero attached hydrogens (tertiary/aromatic N) is 10. The molecular formula is C24N10. The SMILES string of the molecule is N#CC(C#N)=C1C(C#N)=C(C#N)c2c(C#N)c3c(c(C#N)c21)C(C#N)=C(C#N)C3=C(C#N)C#N. The normalized spacial score (nSPS) is 12.1. The molecule has 1 aromatic carbocycles. The molecule has 146 valence electrons. The third-order valence-electron chi connectivity index (χ3n) is 5.12. The lowest BCUT2D eigenvalue weighted by Crippen LogP contribution is -2.05. The lowest BCUT2D eigenvalue weighted by molar-refractivity contribution is 1.37. The molecule has 0 aliphatic heterocycles. The van der Waals surface area contributed by atoms with Gasteiger partial charge < -0.3 is 0 Å². The van der Waals surface area contributed by atoms with Crippen molar-refractivity contribution in [3.63, 3.8) is 0 Å². The number of fused-ring (bicyclic) bond motifs is 2. The molecule has 0 heterocycles. The van der Waals surface area contributed by atoms with Crippen LogP contribution in [0.3, 0.4) is 0 Å². The predicted molar refractivity (Wildman–Crippen MR) is 108 cm³/mol. The summed E-state index contributed by atoms with van der Waals surface area (Å²) in [5, 5.41) is 96.8. The summed E-state index contributed by atoms with van der Waals surface area (Å²) in [5.74, 6) is 0. The van der Waals surface area contributed by atoms with E-state index in [0.717, 1.165) is 0 Å². The molecule has 0 radical (unpaired) electrons. The van der Waals surface area contributed by atoms with E-state index in [1.54, 1.807) is 48.6 Å². The Labute approximate surface area is 191 Å². The molecule has 0 aromatic heterocycles. The van der Waals surface area contributed by atoms with Gasteiger partial charge >= 0.3 is 0 Å². The Bertz CT molecular complexity index is 1670. The Morgan fingerprint density at radius 3 is 0.853 bits per heavy atom. The van der Waals surface area contributed by atoms with Crippen LogP contribution >= 0.6 is 0 Å². The van der Waals surface area contributed by atoms with E-state index in [1.165, 1.54) is 0 Å². The molecule has 0 saturated carbocycles. The maximum absolute atomic E-state index is 10.0. The number of nitriles is 10. The number of hydrogen-bond acceptors (Lipinski definition) is 10. The Balaban J connectivity index is 2.89. The van der Waals surface area contributed by atoms with Gasteiger partial charge in [0, 0.05) is 33.4 Å². The molecule has 0 amide bonds. The van der Waals surface area contributed by atoms with E-state index in [0.29, 0.717) is 0 Å². The van der Waals surface area contributed by atoms with Crippen LogP contribution in [-0.4, -0.2) is 0 Å². The van der Waals surface area contributed by atoms with Crippen molar-refractivity contribution in [2.45, 2.75) is 0 Å². The molecular weight excluding hydrogens is 428 g/mol. The van der Waals surface area contributed by atoms with Crippen LogP contribution in [0.1, 0.15) is 33.4 Å². The van der Waals surface area contributed by atoms with Crippen LogP contribution < -0.4 is 0 Å². The van der Waals surface area contributed by atoms with Crippen LogP contribution in [0.5, 0.6) is 0 Å². The lowest BCUT2D eigenvalue weighted by atomic mass is 9.83. The fourth-order valence-corrected chi connectivity index (χ4v) is 3.94. The zero-order valence-corrected chi connectivity index (χ0v) is 16.5. The monoisotopic (exact) mass is 428 g/mol. The molecule has 0 spiro atoms. The van der Waals surface area contributed by atoms with Crippen molar-refractivity contribution in [2.24, 2.45) is 0 Å². The first-order valence-electron chi connectivity index (χ1n) is 8.74. The van der Waals surface area contributed by atoms with E-state index in [9.17, 15) is 52.6 Å². The maximum atomic E-state index is 10.0. The van der Waals surface area contributed by atoms with Crippen molar-refractivity contribution in [3.05, 3.63) is 55.7 Å². The second-order valence-corrected chi connectivity index (χ2v) is 6.37. The fourth-order valence-electron chi connectivity index (χ4n) is 3.94. The average Bonchev–Trinajstić information content (AvgIpc) is 3.37. The third-order valence-corrected chi connectivity index (χ3v) is 5.12. The van der Waals surface area contributed by atoms with Gasteiger partial charge in [-0.05, 0) is 0 Å². The summed E-state index contributed by atoms with van der Waals surface area (Å²) in [4.78, 5) is 0. The molecule has 10 heteroatoms. The minimum atomic E-state index is -0.616. The topological polar surface area (TPSA) is 238 Å². The van der Waals surface area contributed by atoms with Crippen molar-refractivity contribution >= 4 is 22.3 Å². The van der Waals surface area contributed by atoms with Crippen molar-refractivity contribution < 1.29 is 0 Å². The van der Waals surface area contributed by atoms with Crippen molar-refractivity contribution in [2.75, 3.05) is 0 Å². The molecule has 3 rings (SSSR count). The second-order valence-electron chi connectivity index (χ2n) is 6.37. The van der Waals surface area contributed by atoms with Crippen LogP contribution in [-0.2, 0) is 0 Å². The second kappa shape index (κ2) is 8.07. The van der Waals surface area contributed by atoms with Crippen molar-refractivity contribution in [1.82, 2.24) is 0 Å². The molecule has 0 bridgehead atoms. The smallest absolute Gasteiger partial charge is 0.138 e. The summed E-state index contributed by atoms with van der Waals surface area (Å²) in [6.07, 6.45) is 0. The highest BCUT2D eigenvalue weighted by molar-refractivity contribution is 6.18. The zero-order chi connectivity index (χ0) is 25.2. The van der Waals surface area contributed by atoms with Gasteiger partial charge in [-0.15, -0.1) is 0 Å². The molecule has 0 unspecified atom stereocenters. The molecule has 2 aliphatic carbocycles. The van der Waals surface area contributed by atoms with Crippen LogP contribution in [0.15, 0.2) is 22.3 Å². The van der Waals surface area contributed by atoms with Gasteiger partial charge in [-0.2, -0.15) is 52.6 Å². The zero-order valence-electron chi connectivity index (χ0n) is 16.5. The lowest BCUT2D eigenvalue weighted by Gasteiger charge is -2.15. The summed E-state index contributed by atoms with van der Waals surface area (Å²) in [6, 6.07) is 17.0. The van der Waals surface area contributed by atoms with Gasteiger partial charge in [0.2, 0.25) is 0 Å². The number of rotatable bonds is 0. The van der Waals surface area contributed by atoms with Gasteiger partial charge in [0.05, 0.1) is 33.4 Å². The highest BCUT2D eigenvalue weighted by atomic mass is 14.5. The Kier molecular flexibility index (Phi) is 5.17. The van der Waals surface area contributed by atoms with Crippen LogP contribution in [0.4, 0.5) is 0 Å². The molecule has 10 nitrogen and oxygen atoms in total. The standard InChI is InChI=1S/C24N10/c25-1-11(2-26)19-13(5-29)15(7-31)21-18(10-34)24-20(12(3-27)4-28)14(6-30)16(8-32)22(24)17(9-33)23(19)21. The fraction of sp³-hybridized carbons (Fsp3) is 0. The van der Waals surface area contributed by atoms with E-state index in [-0.39, 0.29) is 33.4 Å². The van der Waals surface area contributed by atoms with E-state index in [2.05, 4.69) is 0 Å². The molecule has 1 aromatic rings. The number of allylic oxidation sites excluding steroid dienone is 8.